The topological polar surface area (TPSA) is 27.7 Å². The van der Waals surface area contributed by atoms with Crippen LogP contribution < -0.4 is 4.74 Å². The average molecular weight is 463 g/mol. The fourth-order valence-corrected chi connectivity index (χ4v) is 4.16. The van der Waals surface area contributed by atoms with Crippen molar-refractivity contribution in [3.8, 4) is 17.6 Å². The molecule has 1 saturated heterocycles. The normalized spacial score (nSPS) is 17.7. The van der Waals surface area contributed by atoms with Crippen LogP contribution in [0.2, 0.25) is 0 Å². The van der Waals surface area contributed by atoms with E-state index in [-0.39, 0.29) is 6.29 Å². The Morgan fingerprint density at radius 2 is 1.26 bits per heavy atom. The third-order valence-corrected chi connectivity index (χ3v) is 6.34. The van der Waals surface area contributed by atoms with Gasteiger partial charge in [0.05, 0.1) is 19.8 Å². The maximum absolute atomic E-state index is 5.97. The Bertz CT molecular complexity index is 852. The lowest BCUT2D eigenvalue weighted by Gasteiger charge is -2.29. The smallest absolute Gasteiger partial charge is 0.183 e. The molecule has 184 valence electrons. The quantitative estimate of drug-likeness (QED) is 0.222. The van der Waals surface area contributed by atoms with Gasteiger partial charge in [-0.1, -0.05) is 89.2 Å². The lowest BCUT2D eigenvalue weighted by Crippen LogP contribution is -2.27. The van der Waals surface area contributed by atoms with Gasteiger partial charge in [-0.3, -0.25) is 0 Å². The molecule has 34 heavy (non-hydrogen) atoms. The minimum atomic E-state index is -0.256. The summed E-state index contributed by atoms with van der Waals surface area (Å²) in [4.78, 5) is 0. The van der Waals surface area contributed by atoms with Crippen LogP contribution in [0.3, 0.4) is 0 Å². The molecule has 1 aliphatic rings. The summed E-state index contributed by atoms with van der Waals surface area (Å²) in [5.74, 6) is 7.94. The van der Waals surface area contributed by atoms with Crippen LogP contribution in [0, 0.1) is 17.8 Å². The highest BCUT2D eigenvalue weighted by atomic mass is 16.7. The first kappa shape index (κ1) is 26.3. The van der Waals surface area contributed by atoms with Gasteiger partial charge in [-0.25, -0.2) is 0 Å². The van der Waals surface area contributed by atoms with E-state index in [1.807, 2.05) is 36.4 Å². The van der Waals surface area contributed by atoms with Crippen molar-refractivity contribution in [1.29, 1.82) is 0 Å². The molecular formula is C31H42O3. The Morgan fingerprint density at radius 1 is 0.706 bits per heavy atom. The molecule has 0 atom stereocenters. The molecule has 0 amide bonds. The Kier molecular flexibility index (Phi) is 12.1. The summed E-state index contributed by atoms with van der Waals surface area (Å²) in [5.41, 5.74) is 3.04. The Labute approximate surface area is 207 Å². The molecule has 0 spiro atoms. The first-order valence-electron chi connectivity index (χ1n) is 13.4. The van der Waals surface area contributed by atoms with Crippen LogP contribution >= 0.6 is 0 Å². The van der Waals surface area contributed by atoms with Gasteiger partial charge in [0.25, 0.3) is 0 Å². The number of ether oxygens (including phenoxy) is 3. The van der Waals surface area contributed by atoms with Crippen molar-refractivity contribution in [2.75, 3.05) is 19.8 Å². The Morgan fingerprint density at radius 3 is 1.91 bits per heavy atom. The van der Waals surface area contributed by atoms with Crippen molar-refractivity contribution in [3.63, 3.8) is 0 Å². The molecule has 3 rings (SSSR count). The van der Waals surface area contributed by atoms with Gasteiger partial charge in [0.15, 0.2) is 6.29 Å². The lowest BCUT2D eigenvalue weighted by molar-refractivity contribution is -0.206. The third-order valence-electron chi connectivity index (χ3n) is 6.34. The zero-order valence-corrected chi connectivity index (χ0v) is 21.2. The summed E-state index contributed by atoms with van der Waals surface area (Å²) >= 11 is 0. The molecule has 1 heterocycles. The Hall–Kier alpha value is -2.28. The van der Waals surface area contributed by atoms with Crippen LogP contribution in [-0.2, 0) is 9.47 Å². The van der Waals surface area contributed by atoms with Crippen LogP contribution in [0.4, 0.5) is 0 Å². The van der Waals surface area contributed by atoms with E-state index in [0.717, 1.165) is 48.7 Å². The largest absolute Gasteiger partial charge is 0.494 e. The standard InChI is InChI=1S/C31H42O3/c1-3-5-7-8-9-11-23-32-30-21-17-27(18-22-30)14-13-26-15-19-29(20-16-26)31-33-24-28(25-34-31)12-10-6-4-2/h15-22,28,31H,3-12,23-25H2,1-2H3. The SMILES string of the molecule is CCCCCCCCOc1ccc(C#Cc2ccc(C3OCC(CCCCC)CO3)cc2)cc1. The van der Waals surface area contributed by atoms with Gasteiger partial charge in [-0.15, -0.1) is 0 Å². The number of rotatable bonds is 13. The maximum atomic E-state index is 5.97. The monoisotopic (exact) mass is 462 g/mol. The van der Waals surface area contributed by atoms with E-state index in [4.69, 9.17) is 14.2 Å². The van der Waals surface area contributed by atoms with E-state index >= 15 is 0 Å². The van der Waals surface area contributed by atoms with Crippen LogP contribution in [0.25, 0.3) is 0 Å². The lowest BCUT2D eigenvalue weighted by atomic mass is 10.0. The molecule has 0 saturated carbocycles. The van der Waals surface area contributed by atoms with E-state index in [1.165, 1.54) is 57.8 Å². The van der Waals surface area contributed by atoms with Crippen molar-refractivity contribution in [3.05, 3.63) is 65.2 Å². The number of hydrogen-bond acceptors (Lipinski definition) is 3. The third kappa shape index (κ3) is 9.53. The highest BCUT2D eigenvalue weighted by Gasteiger charge is 2.23. The molecule has 3 heteroatoms. The predicted octanol–water partition coefficient (Wildman–Crippen LogP) is 8.07. The highest BCUT2D eigenvalue weighted by molar-refractivity contribution is 5.44. The minimum absolute atomic E-state index is 0.256. The summed E-state index contributed by atoms with van der Waals surface area (Å²) in [6, 6.07) is 16.3. The zero-order valence-electron chi connectivity index (χ0n) is 21.2. The Balaban J connectivity index is 1.39. The first-order chi connectivity index (χ1) is 16.8. The van der Waals surface area contributed by atoms with Crippen molar-refractivity contribution < 1.29 is 14.2 Å². The van der Waals surface area contributed by atoms with Crippen LogP contribution in [0.15, 0.2) is 48.5 Å². The minimum Gasteiger partial charge on any atom is -0.494 e. The van der Waals surface area contributed by atoms with Crippen LogP contribution in [0.5, 0.6) is 5.75 Å². The van der Waals surface area contributed by atoms with Crippen molar-refractivity contribution in [2.24, 2.45) is 5.92 Å². The number of hydrogen-bond donors (Lipinski definition) is 0. The molecule has 0 aromatic heterocycles. The zero-order chi connectivity index (χ0) is 23.8. The number of benzene rings is 2. The molecule has 1 fully saturated rings. The summed E-state index contributed by atoms with van der Waals surface area (Å²) in [5, 5.41) is 0. The van der Waals surface area contributed by atoms with E-state index in [0.29, 0.717) is 5.92 Å². The van der Waals surface area contributed by atoms with Gasteiger partial charge in [0, 0.05) is 22.6 Å². The van der Waals surface area contributed by atoms with E-state index in [1.54, 1.807) is 0 Å². The second-order valence-electron chi connectivity index (χ2n) is 9.37. The van der Waals surface area contributed by atoms with Gasteiger partial charge in [-0.05, 0) is 49.2 Å². The molecule has 0 radical (unpaired) electrons. The van der Waals surface area contributed by atoms with Crippen LogP contribution in [-0.4, -0.2) is 19.8 Å². The molecule has 2 aromatic rings. The average Bonchev–Trinajstić information content (AvgIpc) is 2.88. The molecule has 0 aliphatic carbocycles. The second kappa shape index (κ2) is 15.6. The molecule has 1 aliphatic heterocycles. The molecular weight excluding hydrogens is 420 g/mol. The fourth-order valence-electron chi connectivity index (χ4n) is 4.16. The van der Waals surface area contributed by atoms with Gasteiger partial charge in [0.1, 0.15) is 5.75 Å². The van der Waals surface area contributed by atoms with Gasteiger partial charge < -0.3 is 14.2 Å². The molecule has 0 bridgehead atoms. The van der Waals surface area contributed by atoms with Crippen LogP contribution in [0.1, 0.15) is 101 Å². The van der Waals surface area contributed by atoms with E-state index in [9.17, 15) is 0 Å². The summed E-state index contributed by atoms with van der Waals surface area (Å²) in [6.07, 6.45) is 12.4. The summed E-state index contributed by atoms with van der Waals surface area (Å²) in [6.45, 7) is 6.85. The molecule has 0 unspecified atom stereocenters. The van der Waals surface area contributed by atoms with Gasteiger partial charge >= 0.3 is 0 Å². The second-order valence-corrected chi connectivity index (χ2v) is 9.37. The van der Waals surface area contributed by atoms with E-state index < -0.39 is 0 Å². The van der Waals surface area contributed by atoms with Crippen molar-refractivity contribution >= 4 is 0 Å². The van der Waals surface area contributed by atoms with Gasteiger partial charge in [-0.2, -0.15) is 0 Å². The fraction of sp³-hybridized carbons (Fsp3) is 0.548. The van der Waals surface area contributed by atoms with Crippen molar-refractivity contribution in [2.45, 2.75) is 84.3 Å². The first-order valence-corrected chi connectivity index (χ1v) is 13.4. The molecule has 3 nitrogen and oxygen atoms in total. The summed E-state index contributed by atoms with van der Waals surface area (Å²) < 4.78 is 17.8. The molecule has 2 aromatic carbocycles. The predicted molar refractivity (Wildman–Crippen MR) is 140 cm³/mol. The van der Waals surface area contributed by atoms with E-state index in [2.05, 4.69) is 37.8 Å². The number of unbranched alkanes of at least 4 members (excludes halogenated alkanes) is 7. The van der Waals surface area contributed by atoms with Gasteiger partial charge in [0.2, 0.25) is 0 Å². The molecule has 0 N–H and O–H groups in total. The van der Waals surface area contributed by atoms with Crippen molar-refractivity contribution in [1.82, 2.24) is 0 Å². The summed E-state index contributed by atoms with van der Waals surface area (Å²) in [7, 11) is 0. The highest BCUT2D eigenvalue weighted by Crippen LogP contribution is 2.27. The maximum Gasteiger partial charge on any atom is 0.183 e.